The molecule has 2 N–H and O–H groups in total. The normalized spacial score (nSPS) is 14.1. The Morgan fingerprint density at radius 2 is 1.45 bits per heavy atom. The topological polar surface area (TPSA) is 89.1 Å². The lowest BCUT2D eigenvalue weighted by atomic mass is 10.2. The van der Waals surface area contributed by atoms with Crippen LogP contribution in [0.1, 0.15) is 0 Å². The van der Waals surface area contributed by atoms with Crippen molar-refractivity contribution in [1.82, 2.24) is 4.90 Å². The summed E-state index contributed by atoms with van der Waals surface area (Å²) >= 11 is 0. The Balaban J connectivity index is 1.41. The summed E-state index contributed by atoms with van der Waals surface area (Å²) in [4.78, 5) is 26.2. The molecule has 0 radical (unpaired) electrons. The molecule has 3 rings (SSSR count). The third-order valence-electron chi connectivity index (χ3n) is 4.35. The van der Waals surface area contributed by atoms with Gasteiger partial charge >= 0.3 is 0 Å². The lowest BCUT2D eigenvalue weighted by molar-refractivity contribution is -0.119. The van der Waals surface area contributed by atoms with Crippen molar-refractivity contribution in [3.8, 4) is 11.5 Å². The van der Waals surface area contributed by atoms with E-state index in [2.05, 4.69) is 15.5 Å². The Bertz CT molecular complexity index is 802. The number of amides is 2. The van der Waals surface area contributed by atoms with Crippen molar-refractivity contribution < 1.29 is 23.8 Å². The SMILES string of the molecule is COc1ccc(OCC(=O)Nc2ccc(NC(=O)CN3CCOCC3)cc2)cc1. The van der Waals surface area contributed by atoms with Crippen molar-refractivity contribution >= 4 is 23.2 Å². The van der Waals surface area contributed by atoms with Gasteiger partial charge in [-0.25, -0.2) is 0 Å². The van der Waals surface area contributed by atoms with E-state index >= 15 is 0 Å². The van der Waals surface area contributed by atoms with Crippen molar-refractivity contribution in [2.45, 2.75) is 0 Å². The number of anilines is 2. The number of nitrogens with zero attached hydrogens (tertiary/aromatic N) is 1. The lowest BCUT2D eigenvalue weighted by Gasteiger charge is -2.25. The highest BCUT2D eigenvalue weighted by Gasteiger charge is 2.14. The van der Waals surface area contributed by atoms with Gasteiger partial charge in [0.15, 0.2) is 6.61 Å². The van der Waals surface area contributed by atoms with Crippen molar-refractivity contribution in [2.75, 3.05) is 57.2 Å². The van der Waals surface area contributed by atoms with Crippen molar-refractivity contribution in [1.29, 1.82) is 0 Å². The molecule has 29 heavy (non-hydrogen) atoms. The van der Waals surface area contributed by atoms with E-state index in [1.165, 1.54) is 0 Å². The lowest BCUT2D eigenvalue weighted by Crippen LogP contribution is -2.41. The van der Waals surface area contributed by atoms with Crippen molar-refractivity contribution in [3.05, 3.63) is 48.5 Å². The molecule has 1 saturated heterocycles. The standard InChI is InChI=1S/C21H25N3O5/c1-27-18-6-8-19(9-7-18)29-15-21(26)23-17-4-2-16(3-5-17)22-20(25)14-24-10-12-28-13-11-24/h2-9H,10-15H2,1H3,(H,22,25)(H,23,26). The van der Waals surface area contributed by atoms with E-state index in [1.54, 1.807) is 55.6 Å². The van der Waals surface area contributed by atoms with E-state index in [0.717, 1.165) is 18.8 Å². The highest BCUT2D eigenvalue weighted by Crippen LogP contribution is 2.17. The molecule has 0 saturated carbocycles. The number of benzene rings is 2. The van der Waals surface area contributed by atoms with E-state index < -0.39 is 0 Å². The third kappa shape index (κ3) is 6.78. The van der Waals surface area contributed by atoms with E-state index in [-0.39, 0.29) is 18.4 Å². The number of carbonyl (C=O) groups excluding carboxylic acids is 2. The first kappa shape index (κ1) is 20.6. The zero-order valence-corrected chi connectivity index (χ0v) is 16.3. The summed E-state index contributed by atoms with van der Waals surface area (Å²) in [5.41, 5.74) is 1.30. The third-order valence-corrected chi connectivity index (χ3v) is 4.35. The van der Waals surface area contributed by atoms with Gasteiger partial charge in [0.2, 0.25) is 5.91 Å². The summed E-state index contributed by atoms with van der Waals surface area (Å²) < 4.78 is 15.8. The molecule has 2 amide bonds. The van der Waals surface area contributed by atoms with Crippen LogP contribution in [0.25, 0.3) is 0 Å². The summed E-state index contributed by atoms with van der Waals surface area (Å²) in [6.07, 6.45) is 0. The number of morpholine rings is 1. The Kier molecular flexibility index (Phi) is 7.43. The van der Waals surface area contributed by atoms with Gasteiger partial charge in [-0.1, -0.05) is 0 Å². The molecule has 154 valence electrons. The monoisotopic (exact) mass is 399 g/mol. The Morgan fingerprint density at radius 3 is 2.03 bits per heavy atom. The molecule has 8 nitrogen and oxygen atoms in total. The van der Waals surface area contributed by atoms with Crippen LogP contribution in [0.5, 0.6) is 11.5 Å². The molecule has 0 spiro atoms. The van der Waals surface area contributed by atoms with E-state index in [9.17, 15) is 9.59 Å². The molecule has 1 aliphatic heterocycles. The minimum atomic E-state index is -0.273. The molecule has 8 heteroatoms. The molecule has 0 aromatic heterocycles. The number of ether oxygens (including phenoxy) is 3. The minimum Gasteiger partial charge on any atom is -0.497 e. The van der Waals surface area contributed by atoms with Gasteiger partial charge in [0.1, 0.15) is 11.5 Å². The zero-order valence-electron chi connectivity index (χ0n) is 16.3. The maximum atomic E-state index is 12.1. The van der Waals surface area contributed by atoms with Gasteiger partial charge in [-0.05, 0) is 48.5 Å². The van der Waals surface area contributed by atoms with Crippen LogP contribution in [0.2, 0.25) is 0 Å². The highest BCUT2D eigenvalue weighted by atomic mass is 16.5. The largest absolute Gasteiger partial charge is 0.497 e. The van der Waals surface area contributed by atoms with Crippen LogP contribution in [-0.2, 0) is 14.3 Å². The van der Waals surface area contributed by atoms with E-state index in [1.807, 2.05) is 0 Å². The summed E-state index contributed by atoms with van der Waals surface area (Å²) in [5, 5.41) is 5.61. The first-order valence-corrected chi connectivity index (χ1v) is 9.39. The predicted molar refractivity (Wildman–Crippen MR) is 109 cm³/mol. The number of nitrogens with one attached hydrogen (secondary N) is 2. The summed E-state index contributed by atoms with van der Waals surface area (Å²) in [7, 11) is 1.59. The second kappa shape index (κ2) is 10.4. The average molecular weight is 399 g/mol. The molecule has 0 unspecified atom stereocenters. The summed E-state index contributed by atoms with van der Waals surface area (Å²) in [6.45, 7) is 3.07. The number of rotatable bonds is 8. The van der Waals surface area contributed by atoms with Gasteiger partial charge in [0, 0.05) is 24.5 Å². The molecule has 0 atom stereocenters. The van der Waals surface area contributed by atoms with Gasteiger partial charge in [-0.2, -0.15) is 0 Å². The minimum absolute atomic E-state index is 0.0726. The molecule has 0 aliphatic carbocycles. The first-order valence-electron chi connectivity index (χ1n) is 9.39. The molecule has 1 heterocycles. The maximum absolute atomic E-state index is 12.1. The van der Waals surface area contributed by atoms with Crippen LogP contribution >= 0.6 is 0 Å². The van der Waals surface area contributed by atoms with Gasteiger partial charge in [0.05, 0.1) is 26.9 Å². The van der Waals surface area contributed by atoms with Crippen LogP contribution in [0.15, 0.2) is 48.5 Å². The fourth-order valence-electron chi connectivity index (χ4n) is 2.82. The fraction of sp³-hybridized carbons (Fsp3) is 0.333. The number of carbonyl (C=O) groups is 2. The van der Waals surface area contributed by atoms with E-state index in [0.29, 0.717) is 36.9 Å². The molecule has 0 bridgehead atoms. The van der Waals surface area contributed by atoms with E-state index in [4.69, 9.17) is 14.2 Å². The molecule has 2 aromatic carbocycles. The number of hydrogen-bond acceptors (Lipinski definition) is 6. The molecular weight excluding hydrogens is 374 g/mol. The molecular formula is C21H25N3O5. The zero-order chi connectivity index (χ0) is 20.5. The maximum Gasteiger partial charge on any atom is 0.262 e. The van der Waals surface area contributed by atoms with Crippen LogP contribution in [0, 0.1) is 0 Å². The van der Waals surface area contributed by atoms with Crippen LogP contribution in [0.4, 0.5) is 11.4 Å². The Morgan fingerprint density at radius 1 is 0.897 bits per heavy atom. The number of methoxy groups -OCH3 is 1. The Hall–Kier alpha value is -3.10. The van der Waals surface area contributed by atoms with Gasteiger partial charge < -0.3 is 24.8 Å². The van der Waals surface area contributed by atoms with Crippen LogP contribution in [0.3, 0.4) is 0 Å². The van der Waals surface area contributed by atoms with Crippen molar-refractivity contribution in [2.24, 2.45) is 0 Å². The summed E-state index contributed by atoms with van der Waals surface area (Å²) in [6, 6.07) is 14.0. The van der Waals surface area contributed by atoms with Gasteiger partial charge in [-0.3, -0.25) is 14.5 Å². The smallest absolute Gasteiger partial charge is 0.262 e. The van der Waals surface area contributed by atoms with Gasteiger partial charge in [-0.15, -0.1) is 0 Å². The predicted octanol–water partition coefficient (Wildman–Crippen LogP) is 1.98. The molecule has 1 aliphatic rings. The summed E-state index contributed by atoms with van der Waals surface area (Å²) in [5.74, 6) is 0.958. The molecule has 2 aromatic rings. The first-order chi connectivity index (χ1) is 14.1. The molecule has 1 fully saturated rings. The quantitative estimate of drug-likeness (QED) is 0.706. The number of hydrogen-bond donors (Lipinski definition) is 2. The Labute approximate surface area is 169 Å². The second-order valence-corrected chi connectivity index (χ2v) is 6.53. The second-order valence-electron chi connectivity index (χ2n) is 6.53. The van der Waals surface area contributed by atoms with Crippen LogP contribution < -0.4 is 20.1 Å². The van der Waals surface area contributed by atoms with Crippen LogP contribution in [-0.4, -0.2) is 63.3 Å². The highest BCUT2D eigenvalue weighted by molar-refractivity contribution is 5.94. The fourth-order valence-corrected chi connectivity index (χ4v) is 2.82. The van der Waals surface area contributed by atoms with Crippen molar-refractivity contribution in [3.63, 3.8) is 0 Å². The van der Waals surface area contributed by atoms with Gasteiger partial charge in [0.25, 0.3) is 5.91 Å². The average Bonchev–Trinajstić information content (AvgIpc) is 2.75.